The van der Waals surface area contributed by atoms with E-state index in [1.54, 1.807) is 13.0 Å². The summed E-state index contributed by atoms with van der Waals surface area (Å²) in [5.74, 6) is -1.22. The van der Waals surface area contributed by atoms with Crippen molar-refractivity contribution < 1.29 is 9.18 Å². The van der Waals surface area contributed by atoms with Gasteiger partial charge >= 0.3 is 0 Å². The molecule has 0 bridgehead atoms. The molecule has 0 aliphatic rings. The quantitative estimate of drug-likeness (QED) is 0.689. The Bertz CT molecular complexity index is 381. The van der Waals surface area contributed by atoms with E-state index in [9.17, 15) is 9.18 Å². The van der Waals surface area contributed by atoms with Crippen molar-refractivity contribution in [3.8, 4) is 6.07 Å². The van der Waals surface area contributed by atoms with E-state index >= 15 is 0 Å². The molecule has 0 saturated heterocycles. The maximum absolute atomic E-state index is 13.1. The standard InChI is InChI=1S/C11H10FNO/c1-8(7-13)6-11(14)9-4-2-3-5-10(9)12/h2-5,8H,6H2,1H3. The highest BCUT2D eigenvalue weighted by Gasteiger charge is 2.13. The van der Waals surface area contributed by atoms with Crippen LogP contribution in [-0.2, 0) is 0 Å². The van der Waals surface area contributed by atoms with Crippen LogP contribution in [0.3, 0.4) is 0 Å². The lowest BCUT2D eigenvalue weighted by Crippen LogP contribution is -2.06. The third-order valence-corrected chi connectivity index (χ3v) is 1.89. The average molecular weight is 191 g/mol. The van der Waals surface area contributed by atoms with Crippen molar-refractivity contribution in [2.45, 2.75) is 13.3 Å². The van der Waals surface area contributed by atoms with Gasteiger partial charge in [-0.15, -0.1) is 0 Å². The molecule has 0 aromatic heterocycles. The molecule has 0 saturated carbocycles. The van der Waals surface area contributed by atoms with E-state index in [4.69, 9.17) is 5.26 Å². The third-order valence-electron chi connectivity index (χ3n) is 1.89. The molecule has 72 valence electrons. The lowest BCUT2D eigenvalue weighted by atomic mass is 10.0. The highest BCUT2D eigenvalue weighted by molar-refractivity contribution is 5.96. The number of carbonyl (C=O) groups excluding carboxylic acids is 1. The van der Waals surface area contributed by atoms with Gasteiger partial charge in [-0.2, -0.15) is 5.26 Å². The van der Waals surface area contributed by atoms with Gasteiger partial charge in [0.2, 0.25) is 0 Å². The minimum Gasteiger partial charge on any atom is -0.294 e. The van der Waals surface area contributed by atoms with Gasteiger partial charge in [-0.1, -0.05) is 12.1 Å². The number of Topliss-reactive ketones (excluding diaryl/α,β-unsaturated/α-hetero) is 1. The van der Waals surface area contributed by atoms with Crippen LogP contribution in [0, 0.1) is 23.1 Å². The second kappa shape index (κ2) is 4.52. The van der Waals surface area contributed by atoms with Gasteiger partial charge < -0.3 is 0 Å². The van der Waals surface area contributed by atoms with Crippen molar-refractivity contribution in [2.24, 2.45) is 5.92 Å². The third kappa shape index (κ3) is 2.40. The van der Waals surface area contributed by atoms with Crippen LogP contribution in [0.4, 0.5) is 4.39 Å². The molecule has 0 heterocycles. The fourth-order valence-electron chi connectivity index (χ4n) is 1.12. The zero-order valence-corrected chi connectivity index (χ0v) is 7.83. The Morgan fingerprint density at radius 3 is 2.79 bits per heavy atom. The zero-order valence-electron chi connectivity index (χ0n) is 7.83. The molecule has 2 nitrogen and oxygen atoms in total. The Kier molecular flexibility index (Phi) is 3.35. The number of nitriles is 1. The van der Waals surface area contributed by atoms with E-state index in [-0.39, 0.29) is 23.7 Å². The maximum atomic E-state index is 13.1. The lowest BCUT2D eigenvalue weighted by molar-refractivity contribution is 0.0969. The molecule has 0 aliphatic heterocycles. The summed E-state index contributed by atoms with van der Waals surface area (Å²) in [5, 5.41) is 8.50. The number of ketones is 1. The summed E-state index contributed by atoms with van der Waals surface area (Å²) in [6.07, 6.45) is 0.0669. The summed E-state index contributed by atoms with van der Waals surface area (Å²) in [5.41, 5.74) is 0.0644. The van der Waals surface area contributed by atoms with Gasteiger partial charge in [-0.05, 0) is 19.1 Å². The number of hydrogen-bond acceptors (Lipinski definition) is 2. The summed E-state index contributed by atoms with van der Waals surface area (Å²) in [4.78, 5) is 11.4. The zero-order chi connectivity index (χ0) is 10.6. The molecule has 1 rings (SSSR count). The average Bonchev–Trinajstić information content (AvgIpc) is 2.18. The summed E-state index contributed by atoms with van der Waals surface area (Å²) in [6, 6.07) is 7.75. The number of nitrogens with zero attached hydrogens (tertiary/aromatic N) is 1. The molecule has 1 aromatic rings. The van der Waals surface area contributed by atoms with Crippen LogP contribution in [0.2, 0.25) is 0 Å². The molecule has 0 amide bonds. The molecular formula is C11H10FNO. The first-order valence-electron chi connectivity index (χ1n) is 4.32. The van der Waals surface area contributed by atoms with E-state index in [0.717, 1.165) is 0 Å². The van der Waals surface area contributed by atoms with Crippen LogP contribution < -0.4 is 0 Å². The Balaban J connectivity index is 2.81. The minimum absolute atomic E-state index is 0.0644. The maximum Gasteiger partial charge on any atom is 0.167 e. The van der Waals surface area contributed by atoms with E-state index in [1.807, 2.05) is 6.07 Å². The number of carbonyl (C=O) groups is 1. The van der Waals surface area contributed by atoms with Crippen LogP contribution in [0.1, 0.15) is 23.7 Å². The summed E-state index contributed by atoms with van der Waals surface area (Å²) in [7, 11) is 0. The molecule has 3 heteroatoms. The Morgan fingerprint density at radius 2 is 2.21 bits per heavy atom. The van der Waals surface area contributed by atoms with Crippen molar-refractivity contribution in [3.05, 3.63) is 35.6 Å². The number of benzene rings is 1. The van der Waals surface area contributed by atoms with Gasteiger partial charge in [-0.25, -0.2) is 4.39 Å². The summed E-state index contributed by atoms with van der Waals surface area (Å²) >= 11 is 0. The first-order chi connectivity index (χ1) is 6.65. The van der Waals surface area contributed by atoms with Crippen LogP contribution in [-0.4, -0.2) is 5.78 Å². The molecular weight excluding hydrogens is 181 g/mol. The van der Waals surface area contributed by atoms with Gasteiger partial charge in [0.05, 0.1) is 17.6 Å². The largest absolute Gasteiger partial charge is 0.294 e. The monoisotopic (exact) mass is 191 g/mol. The molecule has 14 heavy (non-hydrogen) atoms. The van der Waals surface area contributed by atoms with Gasteiger partial charge in [-0.3, -0.25) is 4.79 Å². The molecule has 0 radical (unpaired) electrons. The Labute approximate surface area is 82.0 Å². The normalized spacial score (nSPS) is 11.8. The minimum atomic E-state index is -0.525. The highest BCUT2D eigenvalue weighted by atomic mass is 19.1. The van der Waals surface area contributed by atoms with E-state index in [1.165, 1.54) is 18.2 Å². The fraction of sp³-hybridized carbons (Fsp3) is 0.273. The van der Waals surface area contributed by atoms with Gasteiger partial charge in [0.1, 0.15) is 5.82 Å². The van der Waals surface area contributed by atoms with Crippen molar-refractivity contribution in [1.29, 1.82) is 5.26 Å². The van der Waals surface area contributed by atoms with E-state index in [0.29, 0.717) is 0 Å². The first-order valence-corrected chi connectivity index (χ1v) is 4.32. The van der Waals surface area contributed by atoms with E-state index in [2.05, 4.69) is 0 Å². The second-order valence-corrected chi connectivity index (χ2v) is 3.14. The van der Waals surface area contributed by atoms with Crippen molar-refractivity contribution in [3.63, 3.8) is 0 Å². The Morgan fingerprint density at radius 1 is 1.57 bits per heavy atom. The molecule has 1 aromatic carbocycles. The highest BCUT2D eigenvalue weighted by Crippen LogP contribution is 2.12. The van der Waals surface area contributed by atoms with E-state index < -0.39 is 5.82 Å². The lowest BCUT2D eigenvalue weighted by Gasteiger charge is -2.02. The molecule has 1 atom stereocenters. The first kappa shape index (κ1) is 10.4. The SMILES string of the molecule is CC(C#N)CC(=O)c1ccccc1F. The van der Waals surface area contributed by atoms with Crippen LogP contribution in [0.25, 0.3) is 0 Å². The fourth-order valence-corrected chi connectivity index (χ4v) is 1.12. The van der Waals surface area contributed by atoms with Crippen LogP contribution in [0.5, 0.6) is 0 Å². The van der Waals surface area contributed by atoms with Gasteiger partial charge in [0.15, 0.2) is 5.78 Å². The van der Waals surface area contributed by atoms with Crippen molar-refractivity contribution in [1.82, 2.24) is 0 Å². The summed E-state index contributed by atoms with van der Waals surface area (Å²) < 4.78 is 13.1. The van der Waals surface area contributed by atoms with Gasteiger partial charge in [0, 0.05) is 6.42 Å². The van der Waals surface area contributed by atoms with Crippen molar-refractivity contribution in [2.75, 3.05) is 0 Å². The summed E-state index contributed by atoms with van der Waals surface area (Å²) in [6.45, 7) is 1.64. The van der Waals surface area contributed by atoms with Gasteiger partial charge in [0.25, 0.3) is 0 Å². The van der Waals surface area contributed by atoms with Crippen LogP contribution >= 0.6 is 0 Å². The number of rotatable bonds is 3. The smallest absolute Gasteiger partial charge is 0.167 e. The molecule has 0 spiro atoms. The predicted octanol–water partition coefficient (Wildman–Crippen LogP) is 2.56. The topological polar surface area (TPSA) is 40.9 Å². The molecule has 0 aliphatic carbocycles. The molecule has 1 unspecified atom stereocenters. The predicted molar refractivity (Wildman–Crippen MR) is 50.1 cm³/mol. The van der Waals surface area contributed by atoms with Crippen LogP contribution in [0.15, 0.2) is 24.3 Å². The number of hydrogen-bond donors (Lipinski definition) is 0. The molecule has 0 fully saturated rings. The Hall–Kier alpha value is -1.69. The second-order valence-electron chi connectivity index (χ2n) is 3.14. The van der Waals surface area contributed by atoms with Crippen molar-refractivity contribution >= 4 is 5.78 Å². The number of halogens is 1. The molecule has 0 N–H and O–H groups in total.